The van der Waals surface area contributed by atoms with Crippen LogP contribution in [0.25, 0.3) is 33.1 Å². The zero-order chi connectivity index (χ0) is 12.7. The second-order valence-electron chi connectivity index (χ2n) is 4.50. The van der Waals surface area contributed by atoms with Crippen molar-refractivity contribution in [2.24, 2.45) is 0 Å². The van der Waals surface area contributed by atoms with E-state index in [9.17, 15) is 0 Å². The summed E-state index contributed by atoms with van der Waals surface area (Å²) < 4.78 is 0. The predicted molar refractivity (Wildman–Crippen MR) is 76.8 cm³/mol. The SMILES string of the molecule is c1ccc2c(-c3n[nH]c4ccccc34)nccc2c1. The fourth-order valence-corrected chi connectivity index (χ4v) is 2.45. The van der Waals surface area contributed by atoms with E-state index in [1.54, 1.807) is 0 Å². The van der Waals surface area contributed by atoms with E-state index >= 15 is 0 Å². The van der Waals surface area contributed by atoms with Gasteiger partial charge in [-0.25, -0.2) is 0 Å². The van der Waals surface area contributed by atoms with Gasteiger partial charge in [0.2, 0.25) is 0 Å². The molecule has 0 saturated carbocycles. The molecule has 0 radical (unpaired) electrons. The number of nitrogens with zero attached hydrogens (tertiary/aromatic N) is 2. The van der Waals surface area contributed by atoms with Crippen molar-refractivity contribution in [1.82, 2.24) is 15.2 Å². The van der Waals surface area contributed by atoms with Crippen LogP contribution in [0.4, 0.5) is 0 Å². The summed E-state index contributed by atoms with van der Waals surface area (Å²) in [5, 5.41) is 10.9. The molecule has 2 heterocycles. The lowest BCUT2D eigenvalue weighted by molar-refractivity contribution is 1.11. The number of para-hydroxylation sites is 1. The molecule has 0 aliphatic carbocycles. The highest BCUT2D eigenvalue weighted by molar-refractivity contribution is 6.01. The quantitative estimate of drug-likeness (QED) is 0.554. The molecule has 4 rings (SSSR count). The molecule has 3 heteroatoms. The maximum atomic E-state index is 4.52. The third-order valence-corrected chi connectivity index (χ3v) is 3.37. The Bertz CT molecular complexity index is 872. The average Bonchev–Trinajstić information content (AvgIpc) is 2.90. The number of rotatable bonds is 1. The Morgan fingerprint density at radius 1 is 0.737 bits per heavy atom. The maximum absolute atomic E-state index is 4.52. The molecule has 0 fully saturated rings. The van der Waals surface area contributed by atoms with Gasteiger partial charge in [-0.3, -0.25) is 10.1 Å². The Hall–Kier alpha value is -2.68. The number of aromatic amines is 1. The van der Waals surface area contributed by atoms with Gasteiger partial charge in [-0.1, -0.05) is 42.5 Å². The van der Waals surface area contributed by atoms with Crippen molar-refractivity contribution >= 4 is 21.7 Å². The molecular formula is C16H11N3. The van der Waals surface area contributed by atoms with Crippen molar-refractivity contribution in [3.63, 3.8) is 0 Å². The minimum atomic E-state index is 0.910. The first-order valence-electron chi connectivity index (χ1n) is 6.21. The van der Waals surface area contributed by atoms with Crippen molar-refractivity contribution in [2.45, 2.75) is 0 Å². The first-order chi connectivity index (χ1) is 9.43. The smallest absolute Gasteiger partial charge is 0.119 e. The van der Waals surface area contributed by atoms with Gasteiger partial charge in [-0.15, -0.1) is 0 Å². The number of benzene rings is 2. The van der Waals surface area contributed by atoms with Crippen LogP contribution in [0.5, 0.6) is 0 Å². The van der Waals surface area contributed by atoms with E-state index < -0.39 is 0 Å². The average molecular weight is 245 g/mol. The summed E-state index contributed by atoms with van der Waals surface area (Å²) in [6, 6.07) is 18.4. The van der Waals surface area contributed by atoms with Gasteiger partial charge in [-0.05, 0) is 17.5 Å². The second kappa shape index (κ2) is 3.92. The van der Waals surface area contributed by atoms with Crippen LogP contribution in [0.3, 0.4) is 0 Å². The molecule has 2 aromatic heterocycles. The highest BCUT2D eigenvalue weighted by Gasteiger charge is 2.11. The van der Waals surface area contributed by atoms with E-state index in [1.165, 1.54) is 5.39 Å². The Labute approximate surface area is 109 Å². The first-order valence-corrected chi connectivity index (χ1v) is 6.21. The summed E-state index contributed by atoms with van der Waals surface area (Å²) in [4.78, 5) is 4.52. The van der Waals surface area contributed by atoms with Gasteiger partial charge < -0.3 is 0 Å². The standard InChI is InChI=1S/C16H11N3/c1-2-6-12-11(5-1)9-10-17-15(12)16-13-7-3-4-8-14(13)18-19-16/h1-10H,(H,18,19). The highest BCUT2D eigenvalue weighted by Crippen LogP contribution is 2.29. The summed E-state index contributed by atoms with van der Waals surface area (Å²) >= 11 is 0. The van der Waals surface area contributed by atoms with Crippen molar-refractivity contribution in [1.29, 1.82) is 0 Å². The van der Waals surface area contributed by atoms with Crippen LogP contribution in [-0.4, -0.2) is 15.2 Å². The summed E-state index contributed by atoms with van der Waals surface area (Å²) in [5.74, 6) is 0. The summed E-state index contributed by atoms with van der Waals surface area (Å²) in [7, 11) is 0. The Morgan fingerprint density at radius 3 is 2.47 bits per heavy atom. The molecule has 3 nitrogen and oxygen atoms in total. The number of H-pyrrole nitrogens is 1. The molecule has 0 unspecified atom stereocenters. The number of pyridine rings is 1. The third kappa shape index (κ3) is 1.52. The van der Waals surface area contributed by atoms with E-state index in [0.29, 0.717) is 0 Å². The molecule has 0 atom stereocenters. The molecule has 0 aliphatic rings. The van der Waals surface area contributed by atoms with Gasteiger partial charge in [0.1, 0.15) is 5.69 Å². The summed E-state index contributed by atoms with van der Waals surface area (Å²) in [6.45, 7) is 0. The number of hydrogen-bond acceptors (Lipinski definition) is 2. The zero-order valence-corrected chi connectivity index (χ0v) is 10.2. The van der Waals surface area contributed by atoms with Crippen molar-refractivity contribution < 1.29 is 0 Å². The lowest BCUT2D eigenvalue weighted by atomic mass is 10.1. The van der Waals surface area contributed by atoms with Gasteiger partial charge in [0.05, 0.1) is 11.2 Å². The topological polar surface area (TPSA) is 41.6 Å². The van der Waals surface area contributed by atoms with E-state index in [1.807, 2.05) is 42.6 Å². The van der Waals surface area contributed by atoms with Crippen LogP contribution < -0.4 is 0 Å². The van der Waals surface area contributed by atoms with Crippen LogP contribution in [0.15, 0.2) is 60.8 Å². The van der Waals surface area contributed by atoms with Crippen LogP contribution in [0, 0.1) is 0 Å². The van der Waals surface area contributed by atoms with Gasteiger partial charge in [-0.2, -0.15) is 5.10 Å². The van der Waals surface area contributed by atoms with Crippen LogP contribution >= 0.6 is 0 Å². The lowest BCUT2D eigenvalue weighted by Gasteiger charge is -2.03. The zero-order valence-electron chi connectivity index (χ0n) is 10.2. The summed E-state index contributed by atoms with van der Waals surface area (Å²) in [6.07, 6.45) is 1.83. The minimum Gasteiger partial charge on any atom is -0.277 e. The first kappa shape index (κ1) is 10.3. The van der Waals surface area contributed by atoms with E-state index in [4.69, 9.17) is 0 Å². The number of fused-ring (bicyclic) bond motifs is 2. The molecule has 0 spiro atoms. The fraction of sp³-hybridized carbons (Fsp3) is 0. The van der Waals surface area contributed by atoms with Gasteiger partial charge >= 0.3 is 0 Å². The Kier molecular flexibility index (Phi) is 2.12. The largest absolute Gasteiger partial charge is 0.277 e. The number of hydrogen-bond donors (Lipinski definition) is 1. The van der Waals surface area contributed by atoms with Gasteiger partial charge in [0.15, 0.2) is 0 Å². The minimum absolute atomic E-state index is 0.910. The van der Waals surface area contributed by atoms with Gasteiger partial charge in [0.25, 0.3) is 0 Å². The van der Waals surface area contributed by atoms with Gasteiger partial charge in [0, 0.05) is 17.0 Å². The van der Waals surface area contributed by atoms with Crippen LogP contribution in [0.1, 0.15) is 0 Å². The molecule has 19 heavy (non-hydrogen) atoms. The van der Waals surface area contributed by atoms with Crippen LogP contribution in [-0.2, 0) is 0 Å². The lowest BCUT2D eigenvalue weighted by Crippen LogP contribution is -1.86. The Balaban J connectivity index is 2.10. The van der Waals surface area contributed by atoms with Crippen LogP contribution in [0.2, 0.25) is 0 Å². The molecule has 2 aromatic carbocycles. The molecule has 1 N–H and O–H groups in total. The molecule has 0 amide bonds. The molecule has 0 saturated heterocycles. The maximum Gasteiger partial charge on any atom is 0.119 e. The number of aromatic nitrogens is 3. The normalized spacial score (nSPS) is 11.2. The second-order valence-corrected chi connectivity index (χ2v) is 4.50. The van der Waals surface area contributed by atoms with E-state index in [-0.39, 0.29) is 0 Å². The molecule has 4 aromatic rings. The van der Waals surface area contributed by atoms with E-state index in [0.717, 1.165) is 27.7 Å². The fourth-order valence-electron chi connectivity index (χ4n) is 2.45. The van der Waals surface area contributed by atoms with Crippen molar-refractivity contribution in [3.8, 4) is 11.4 Å². The molecular weight excluding hydrogens is 234 g/mol. The highest BCUT2D eigenvalue weighted by atomic mass is 15.1. The van der Waals surface area contributed by atoms with Crippen molar-refractivity contribution in [3.05, 3.63) is 60.8 Å². The third-order valence-electron chi connectivity index (χ3n) is 3.37. The number of nitrogens with one attached hydrogen (secondary N) is 1. The predicted octanol–water partition coefficient (Wildman–Crippen LogP) is 3.78. The van der Waals surface area contributed by atoms with E-state index in [2.05, 4.69) is 33.4 Å². The molecule has 0 aliphatic heterocycles. The summed E-state index contributed by atoms with van der Waals surface area (Å²) in [5.41, 5.74) is 2.87. The molecule has 0 bridgehead atoms. The molecule has 90 valence electrons. The van der Waals surface area contributed by atoms with Crippen molar-refractivity contribution in [2.75, 3.05) is 0 Å². The Morgan fingerprint density at radius 2 is 1.53 bits per heavy atom. The monoisotopic (exact) mass is 245 g/mol.